The number of nitrogens with one attached hydrogen (secondary N) is 1. The van der Waals surface area contributed by atoms with E-state index in [2.05, 4.69) is 4.72 Å². The molecule has 2 aromatic carbocycles. The van der Waals surface area contributed by atoms with E-state index in [0.717, 1.165) is 5.56 Å². The molecule has 0 atom stereocenters. The quantitative estimate of drug-likeness (QED) is 0.858. The summed E-state index contributed by atoms with van der Waals surface area (Å²) in [7, 11) is -3.61. The smallest absolute Gasteiger partial charge is 0.338 e. The van der Waals surface area contributed by atoms with Crippen molar-refractivity contribution in [3.05, 3.63) is 59.7 Å². The highest BCUT2D eigenvalue weighted by atomic mass is 32.2. The van der Waals surface area contributed by atoms with Crippen molar-refractivity contribution >= 4 is 21.7 Å². The van der Waals surface area contributed by atoms with Gasteiger partial charge < -0.3 is 9.64 Å². The number of anilines is 1. The minimum atomic E-state index is -3.61. The number of hydrogen-bond donors (Lipinski definition) is 1. The van der Waals surface area contributed by atoms with Gasteiger partial charge in [0.2, 0.25) is 10.0 Å². The van der Waals surface area contributed by atoms with Gasteiger partial charge in [0.1, 0.15) is 11.5 Å². The minimum Gasteiger partial charge on any atom is -0.457 e. The SMILES string of the molecule is CCN1CNS(=O)(=O)c2cc(C(=O)OCc3ccccc3)ccc21. The molecule has 7 heteroatoms. The lowest BCUT2D eigenvalue weighted by atomic mass is 10.2. The number of nitrogens with zero attached hydrogens (tertiary/aromatic N) is 1. The van der Waals surface area contributed by atoms with Crippen LogP contribution in [0.4, 0.5) is 5.69 Å². The summed E-state index contributed by atoms with van der Waals surface area (Å²) < 4.78 is 32.1. The fraction of sp³-hybridized carbons (Fsp3) is 0.235. The zero-order chi connectivity index (χ0) is 17.2. The number of rotatable bonds is 4. The van der Waals surface area contributed by atoms with E-state index in [1.807, 2.05) is 42.2 Å². The maximum atomic E-state index is 12.2. The van der Waals surface area contributed by atoms with Crippen LogP contribution in [-0.2, 0) is 21.4 Å². The van der Waals surface area contributed by atoms with E-state index < -0.39 is 16.0 Å². The van der Waals surface area contributed by atoms with Gasteiger partial charge in [-0.3, -0.25) is 0 Å². The second kappa shape index (κ2) is 6.62. The van der Waals surface area contributed by atoms with E-state index in [1.54, 1.807) is 12.1 Å². The van der Waals surface area contributed by atoms with Gasteiger partial charge >= 0.3 is 5.97 Å². The molecule has 0 saturated heterocycles. The standard InChI is InChI=1S/C17H18N2O4S/c1-2-19-12-18-24(21,22)16-10-14(8-9-15(16)19)17(20)23-11-13-6-4-3-5-7-13/h3-10,18H,2,11-12H2,1H3. The molecule has 24 heavy (non-hydrogen) atoms. The molecule has 0 amide bonds. The Balaban J connectivity index is 1.83. The van der Waals surface area contributed by atoms with Crippen LogP contribution >= 0.6 is 0 Å². The second-order valence-electron chi connectivity index (χ2n) is 5.41. The zero-order valence-electron chi connectivity index (χ0n) is 13.2. The summed E-state index contributed by atoms with van der Waals surface area (Å²) in [4.78, 5) is 14.2. The largest absolute Gasteiger partial charge is 0.457 e. The molecule has 0 bridgehead atoms. The fourth-order valence-electron chi connectivity index (χ4n) is 2.53. The molecule has 0 radical (unpaired) electrons. The van der Waals surface area contributed by atoms with Crippen LogP contribution in [-0.4, -0.2) is 27.6 Å². The Morgan fingerprint density at radius 1 is 1.21 bits per heavy atom. The number of hydrogen-bond acceptors (Lipinski definition) is 5. The topological polar surface area (TPSA) is 75.7 Å². The Bertz CT molecular complexity index is 850. The highest BCUT2D eigenvalue weighted by Crippen LogP contribution is 2.29. The number of sulfonamides is 1. The van der Waals surface area contributed by atoms with Crippen LogP contribution in [0.5, 0.6) is 0 Å². The van der Waals surface area contributed by atoms with Crippen molar-refractivity contribution in [1.82, 2.24) is 4.72 Å². The highest BCUT2D eigenvalue weighted by Gasteiger charge is 2.28. The molecule has 1 heterocycles. The normalized spacial score (nSPS) is 15.6. The van der Waals surface area contributed by atoms with Crippen molar-refractivity contribution in [3.8, 4) is 0 Å². The fourth-order valence-corrected chi connectivity index (χ4v) is 3.77. The summed E-state index contributed by atoms with van der Waals surface area (Å²) in [5.74, 6) is -0.550. The lowest BCUT2D eigenvalue weighted by Crippen LogP contribution is -2.43. The third kappa shape index (κ3) is 3.27. The van der Waals surface area contributed by atoms with Crippen LogP contribution in [0.3, 0.4) is 0 Å². The molecule has 1 N–H and O–H groups in total. The van der Waals surface area contributed by atoms with Gasteiger partial charge in [-0.2, -0.15) is 4.72 Å². The summed E-state index contributed by atoms with van der Waals surface area (Å²) in [5.41, 5.74) is 1.68. The number of benzene rings is 2. The van der Waals surface area contributed by atoms with Crippen LogP contribution in [0.15, 0.2) is 53.4 Å². The van der Waals surface area contributed by atoms with E-state index in [0.29, 0.717) is 12.2 Å². The summed E-state index contributed by atoms with van der Waals surface area (Å²) in [6.07, 6.45) is 0. The van der Waals surface area contributed by atoms with Crippen molar-refractivity contribution in [2.45, 2.75) is 18.4 Å². The maximum Gasteiger partial charge on any atom is 0.338 e. The lowest BCUT2D eigenvalue weighted by Gasteiger charge is -2.30. The van der Waals surface area contributed by atoms with E-state index >= 15 is 0 Å². The predicted molar refractivity (Wildman–Crippen MR) is 90.2 cm³/mol. The molecular formula is C17H18N2O4S. The molecule has 1 aliphatic rings. The third-order valence-corrected chi connectivity index (χ3v) is 5.28. The summed E-state index contributed by atoms with van der Waals surface area (Å²) in [6.45, 7) is 2.96. The number of carbonyl (C=O) groups is 1. The first-order valence-corrected chi connectivity index (χ1v) is 9.09. The average molecular weight is 346 g/mol. The van der Waals surface area contributed by atoms with Crippen LogP contribution in [0, 0.1) is 0 Å². The molecule has 1 aliphatic heterocycles. The van der Waals surface area contributed by atoms with E-state index in [4.69, 9.17) is 4.74 Å². The Hall–Kier alpha value is -2.38. The number of ether oxygens (including phenoxy) is 1. The Morgan fingerprint density at radius 2 is 1.96 bits per heavy atom. The molecule has 0 saturated carbocycles. The van der Waals surface area contributed by atoms with Gasteiger partial charge in [0.15, 0.2) is 0 Å². The number of carbonyl (C=O) groups excluding carboxylic acids is 1. The molecule has 2 aromatic rings. The van der Waals surface area contributed by atoms with Gasteiger partial charge in [-0.25, -0.2) is 13.2 Å². The summed E-state index contributed by atoms with van der Waals surface area (Å²) >= 11 is 0. The number of esters is 1. The molecule has 6 nitrogen and oxygen atoms in total. The van der Waals surface area contributed by atoms with Crippen molar-refractivity contribution in [3.63, 3.8) is 0 Å². The van der Waals surface area contributed by atoms with Crippen molar-refractivity contribution < 1.29 is 17.9 Å². The van der Waals surface area contributed by atoms with E-state index in [-0.39, 0.29) is 23.7 Å². The van der Waals surface area contributed by atoms with Gasteiger partial charge in [-0.05, 0) is 30.7 Å². The second-order valence-corrected chi connectivity index (χ2v) is 7.14. The van der Waals surface area contributed by atoms with Gasteiger partial charge in [-0.1, -0.05) is 30.3 Å². The van der Waals surface area contributed by atoms with Crippen LogP contribution in [0.2, 0.25) is 0 Å². The van der Waals surface area contributed by atoms with Crippen molar-refractivity contribution in [2.75, 3.05) is 18.1 Å². The Morgan fingerprint density at radius 3 is 2.67 bits per heavy atom. The molecule has 0 fully saturated rings. The molecule has 0 aromatic heterocycles. The van der Waals surface area contributed by atoms with E-state index in [9.17, 15) is 13.2 Å². The van der Waals surface area contributed by atoms with Crippen LogP contribution in [0.25, 0.3) is 0 Å². The summed E-state index contributed by atoms with van der Waals surface area (Å²) in [5, 5.41) is 0. The van der Waals surface area contributed by atoms with Gasteiger partial charge in [-0.15, -0.1) is 0 Å². The molecule has 0 aliphatic carbocycles. The van der Waals surface area contributed by atoms with Gasteiger partial charge in [0, 0.05) is 6.54 Å². The number of fused-ring (bicyclic) bond motifs is 1. The molecule has 0 unspecified atom stereocenters. The monoisotopic (exact) mass is 346 g/mol. The molecule has 3 rings (SSSR count). The van der Waals surface area contributed by atoms with E-state index in [1.165, 1.54) is 6.07 Å². The zero-order valence-corrected chi connectivity index (χ0v) is 14.0. The molecule has 126 valence electrons. The summed E-state index contributed by atoms with van der Waals surface area (Å²) in [6, 6.07) is 13.9. The first-order valence-electron chi connectivity index (χ1n) is 7.61. The Labute approximate surface area is 141 Å². The van der Waals surface area contributed by atoms with Gasteiger partial charge in [0.05, 0.1) is 17.9 Å². The average Bonchev–Trinajstić information content (AvgIpc) is 2.60. The highest BCUT2D eigenvalue weighted by molar-refractivity contribution is 7.89. The predicted octanol–water partition coefficient (Wildman–Crippen LogP) is 2.12. The Kier molecular flexibility index (Phi) is 4.55. The van der Waals surface area contributed by atoms with Crippen LogP contribution in [0.1, 0.15) is 22.8 Å². The lowest BCUT2D eigenvalue weighted by molar-refractivity contribution is 0.0472. The maximum absolute atomic E-state index is 12.2. The molecule has 0 spiro atoms. The van der Waals surface area contributed by atoms with Crippen LogP contribution < -0.4 is 9.62 Å². The first-order chi connectivity index (χ1) is 11.5. The minimum absolute atomic E-state index is 0.102. The van der Waals surface area contributed by atoms with Gasteiger partial charge in [0.25, 0.3) is 0 Å². The van der Waals surface area contributed by atoms with Crippen molar-refractivity contribution in [2.24, 2.45) is 0 Å². The third-order valence-electron chi connectivity index (χ3n) is 3.87. The first kappa shape index (κ1) is 16.5. The van der Waals surface area contributed by atoms with Crippen molar-refractivity contribution in [1.29, 1.82) is 0 Å². The molecular weight excluding hydrogens is 328 g/mol.